The molecular formula is C20H32O3. The lowest BCUT2D eigenvalue weighted by molar-refractivity contribution is -0.164. The van der Waals surface area contributed by atoms with E-state index >= 15 is 0 Å². The maximum Gasteiger partial charge on any atom is 0.311 e. The van der Waals surface area contributed by atoms with Crippen molar-refractivity contribution in [2.75, 3.05) is 13.7 Å². The highest BCUT2D eigenvalue weighted by Crippen LogP contribution is 2.63. The van der Waals surface area contributed by atoms with Crippen LogP contribution in [0.15, 0.2) is 11.6 Å². The number of carbonyl (C=O) groups excluding carboxylic acids is 1. The Labute approximate surface area is 140 Å². The summed E-state index contributed by atoms with van der Waals surface area (Å²) in [6, 6.07) is 0. The van der Waals surface area contributed by atoms with Crippen molar-refractivity contribution in [1.82, 2.24) is 0 Å². The number of hydrogen-bond acceptors (Lipinski definition) is 3. The first-order valence-corrected chi connectivity index (χ1v) is 9.19. The van der Waals surface area contributed by atoms with Crippen LogP contribution in [0.25, 0.3) is 0 Å². The summed E-state index contributed by atoms with van der Waals surface area (Å²) in [4.78, 5) is 12.5. The smallest absolute Gasteiger partial charge is 0.311 e. The molecule has 0 heterocycles. The maximum atomic E-state index is 12.5. The van der Waals surface area contributed by atoms with Crippen LogP contribution in [0.3, 0.4) is 0 Å². The molecule has 3 aliphatic carbocycles. The van der Waals surface area contributed by atoms with Crippen LogP contribution >= 0.6 is 0 Å². The first-order valence-electron chi connectivity index (χ1n) is 9.19. The van der Waals surface area contributed by atoms with Gasteiger partial charge in [0.2, 0.25) is 0 Å². The van der Waals surface area contributed by atoms with E-state index < -0.39 is 0 Å². The number of methoxy groups -OCH3 is 1. The fraction of sp³-hybridized carbons (Fsp3) is 0.850. The largest absolute Gasteiger partial charge is 0.469 e. The van der Waals surface area contributed by atoms with Crippen molar-refractivity contribution in [3.05, 3.63) is 11.6 Å². The molecule has 3 unspecified atom stereocenters. The predicted molar refractivity (Wildman–Crippen MR) is 90.8 cm³/mol. The van der Waals surface area contributed by atoms with E-state index in [4.69, 9.17) is 4.74 Å². The summed E-state index contributed by atoms with van der Waals surface area (Å²) in [5, 5.41) is 9.73. The predicted octanol–water partition coefficient (Wildman–Crippen LogP) is 4.10. The SMILES string of the molecule is COC(=O)[C@]1(C)CCC[C@@]2(C)C3=CCC(C)(CO)CC3CCC12. The summed E-state index contributed by atoms with van der Waals surface area (Å²) in [5.74, 6) is 0.947. The third kappa shape index (κ3) is 2.47. The molecule has 3 aliphatic rings. The second kappa shape index (κ2) is 5.61. The minimum Gasteiger partial charge on any atom is -0.469 e. The highest BCUT2D eigenvalue weighted by Gasteiger charge is 2.58. The number of fused-ring (bicyclic) bond motifs is 3. The van der Waals surface area contributed by atoms with Gasteiger partial charge >= 0.3 is 5.97 Å². The molecule has 23 heavy (non-hydrogen) atoms. The minimum atomic E-state index is -0.342. The van der Waals surface area contributed by atoms with Gasteiger partial charge in [-0.3, -0.25) is 4.79 Å². The Kier molecular flexibility index (Phi) is 4.15. The van der Waals surface area contributed by atoms with Crippen molar-refractivity contribution < 1.29 is 14.6 Å². The molecule has 0 aromatic heterocycles. The molecule has 1 N–H and O–H groups in total. The van der Waals surface area contributed by atoms with Gasteiger partial charge in [0, 0.05) is 6.61 Å². The van der Waals surface area contributed by atoms with Crippen LogP contribution in [0.1, 0.15) is 65.7 Å². The molecule has 0 amide bonds. The van der Waals surface area contributed by atoms with Gasteiger partial charge in [-0.15, -0.1) is 0 Å². The zero-order chi connectivity index (χ0) is 16.9. The second-order valence-corrected chi connectivity index (χ2v) is 9.04. The van der Waals surface area contributed by atoms with Crippen LogP contribution in [-0.4, -0.2) is 24.8 Å². The van der Waals surface area contributed by atoms with Gasteiger partial charge in [0.05, 0.1) is 12.5 Å². The van der Waals surface area contributed by atoms with E-state index in [0.717, 1.165) is 38.5 Å². The number of rotatable bonds is 2. The van der Waals surface area contributed by atoms with Gasteiger partial charge < -0.3 is 9.84 Å². The standard InChI is InChI=1S/C20H32O3/c1-18(13-21)11-8-15-14(12-18)6-7-16-19(15,2)9-5-10-20(16,3)17(22)23-4/h8,14,16,21H,5-7,9-13H2,1-4H3/t14?,16?,18?,19-,20+/m0/s1. The van der Waals surface area contributed by atoms with E-state index in [1.54, 1.807) is 5.57 Å². The van der Waals surface area contributed by atoms with Crippen molar-refractivity contribution in [2.45, 2.75) is 65.7 Å². The average molecular weight is 320 g/mol. The number of aliphatic hydroxyl groups excluding tert-OH is 1. The second-order valence-electron chi connectivity index (χ2n) is 9.04. The van der Waals surface area contributed by atoms with E-state index in [9.17, 15) is 9.90 Å². The average Bonchev–Trinajstić information content (AvgIpc) is 2.53. The highest BCUT2D eigenvalue weighted by molar-refractivity contribution is 5.77. The van der Waals surface area contributed by atoms with E-state index in [-0.39, 0.29) is 28.8 Å². The number of carbonyl (C=O) groups is 1. The van der Waals surface area contributed by atoms with Crippen molar-refractivity contribution in [3.8, 4) is 0 Å². The molecule has 0 radical (unpaired) electrons. The Morgan fingerprint density at radius 1 is 1.30 bits per heavy atom. The highest BCUT2D eigenvalue weighted by atomic mass is 16.5. The Morgan fingerprint density at radius 2 is 2.04 bits per heavy atom. The van der Waals surface area contributed by atoms with Crippen LogP contribution < -0.4 is 0 Å². The number of allylic oxidation sites excluding steroid dienone is 2. The molecule has 0 spiro atoms. The molecule has 3 nitrogen and oxygen atoms in total. The molecule has 0 bridgehead atoms. The van der Waals surface area contributed by atoms with E-state index in [1.165, 1.54) is 13.5 Å². The molecule has 2 fully saturated rings. The fourth-order valence-corrected chi connectivity index (χ4v) is 6.10. The molecule has 0 saturated heterocycles. The number of hydrogen-bond donors (Lipinski definition) is 1. The lowest BCUT2D eigenvalue weighted by Crippen LogP contribution is -2.53. The number of ether oxygens (including phenoxy) is 1. The molecule has 3 heteroatoms. The minimum absolute atomic E-state index is 0.0246. The normalized spacial score (nSPS) is 46.4. The van der Waals surface area contributed by atoms with E-state index in [1.807, 2.05) is 0 Å². The summed E-state index contributed by atoms with van der Waals surface area (Å²) in [6.07, 6.45) is 9.95. The Morgan fingerprint density at radius 3 is 2.70 bits per heavy atom. The zero-order valence-corrected chi connectivity index (χ0v) is 15.2. The lowest BCUT2D eigenvalue weighted by Gasteiger charge is -2.58. The molecule has 2 saturated carbocycles. The van der Waals surface area contributed by atoms with E-state index in [2.05, 4.69) is 26.8 Å². The van der Waals surface area contributed by atoms with Gasteiger partial charge in [0.25, 0.3) is 0 Å². The van der Waals surface area contributed by atoms with Gasteiger partial charge in [0.15, 0.2) is 0 Å². The summed E-state index contributed by atoms with van der Waals surface area (Å²) in [6.45, 7) is 6.99. The Bertz CT molecular complexity index is 525. The van der Waals surface area contributed by atoms with Crippen LogP contribution in [0.2, 0.25) is 0 Å². The van der Waals surface area contributed by atoms with Gasteiger partial charge in [-0.25, -0.2) is 0 Å². The molecular weight excluding hydrogens is 288 g/mol. The van der Waals surface area contributed by atoms with Crippen LogP contribution in [-0.2, 0) is 9.53 Å². The topological polar surface area (TPSA) is 46.5 Å². The quantitative estimate of drug-likeness (QED) is 0.615. The lowest BCUT2D eigenvalue weighted by atomic mass is 9.46. The summed E-state index contributed by atoms with van der Waals surface area (Å²) in [5.41, 5.74) is 1.40. The first kappa shape index (κ1) is 17.0. The summed E-state index contributed by atoms with van der Waals surface area (Å²) in [7, 11) is 1.53. The first-order chi connectivity index (χ1) is 10.8. The maximum absolute atomic E-state index is 12.5. The number of esters is 1. The fourth-order valence-electron chi connectivity index (χ4n) is 6.10. The Hall–Kier alpha value is -0.830. The van der Waals surface area contributed by atoms with Gasteiger partial charge in [-0.1, -0.05) is 31.9 Å². The van der Waals surface area contributed by atoms with Crippen LogP contribution in [0.5, 0.6) is 0 Å². The molecule has 0 aliphatic heterocycles. The molecule has 0 aromatic carbocycles. The third-order valence-corrected chi connectivity index (χ3v) is 7.42. The van der Waals surface area contributed by atoms with Crippen molar-refractivity contribution in [3.63, 3.8) is 0 Å². The molecule has 130 valence electrons. The van der Waals surface area contributed by atoms with E-state index in [0.29, 0.717) is 11.8 Å². The van der Waals surface area contributed by atoms with Crippen molar-refractivity contribution >= 4 is 5.97 Å². The molecule has 3 rings (SSSR count). The monoisotopic (exact) mass is 320 g/mol. The van der Waals surface area contributed by atoms with Gasteiger partial charge in [-0.05, 0) is 68.1 Å². The van der Waals surface area contributed by atoms with Crippen molar-refractivity contribution in [1.29, 1.82) is 0 Å². The van der Waals surface area contributed by atoms with Gasteiger partial charge in [-0.2, -0.15) is 0 Å². The Balaban J connectivity index is 1.96. The third-order valence-electron chi connectivity index (χ3n) is 7.42. The van der Waals surface area contributed by atoms with Crippen molar-refractivity contribution in [2.24, 2.45) is 28.1 Å². The number of aliphatic hydroxyl groups is 1. The van der Waals surface area contributed by atoms with Gasteiger partial charge in [0.1, 0.15) is 0 Å². The zero-order valence-electron chi connectivity index (χ0n) is 15.2. The molecule has 5 atom stereocenters. The summed E-state index contributed by atoms with van der Waals surface area (Å²) >= 11 is 0. The summed E-state index contributed by atoms with van der Waals surface area (Å²) < 4.78 is 5.18. The van der Waals surface area contributed by atoms with Crippen LogP contribution in [0, 0.1) is 28.1 Å². The molecule has 0 aromatic rings. The van der Waals surface area contributed by atoms with Crippen LogP contribution in [0.4, 0.5) is 0 Å².